The molecule has 27 heavy (non-hydrogen) atoms. The lowest BCUT2D eigenvalue weighted by atomic mass is 10.1. The van der Waals surface area contributed by atoms with E-state index in [1.807, 2.05) is 43.3 Å². The van der Waals surface area contributed by atoms with Crippen molar-refractivity contribution < 1.29 is 19.2 Å². The summed E-state index contributed by atoms with van der Waals surface area (Å²) in [6.45, 7) is 1.85. The van der Waals surface area contributed by atoms with Gasteiger partial charge in [-0.2, -0.15) is 0 Å². The van der Waals surface area contributed by atoms with Gasteiger partial charge in [0, 0.05) is 11.6 Å². The van der Waals surface area contributed by atoms with E-state index in [0.29, 0.717) is 5.56 Å². The Morgan fingerprint density at radius 2 is 1.96 bits per heavy atom. The van der Waals surface area contributed by atoms with E-state index in [2.05, 4.69) is 4.99 Å². The van der Waals surface area contributed by atoms with E-state index >= 15 is 0 Å². The van der Waals surface area contributed by atoms with Crippen LogP contribution in [0.15, 0.2) is 70.9 Å². The molecule has 0 N–H and O–H groups in total. The van der Waals surface area contributed by atoms with Crippen molar-refractivity contribution in [3.8, 4) is 5.75 Å². The number of rotatable bonds is 5. The summed E-state index contributed by atoms with van der Waals surface area (Å²) >= 11 is 0. The third-order valence-electron chi connectivity index (χ3n) is 3.80. The summed E-state index contributed by atoms with van der Waals surface area (Å²) in [5.41, 5.74) is 2.04. The fourth-order valence-electron chi connectivity index (χ4n) is 2.57. The van der Waals surface area contributed by atoms with Crippen LogP contribution in [-0.2, 0) is 9.53 Å². The Morgan fingerprint density at radius 3 is 2.63 bits per heavy atom. The predicted octanol–water partition coefficient (Wildman–Crippen LogP) is 3.89. The normalized spacial score (nSPS) is 15.5. The highest BCUT2D eigenvalue weighted by Crippen LogP contribution is 2.29. The zero-order valence-electron chi connectivity index (χ0n) is 14.7. The van der Waals surface area contributed by atoms with Crippen LogP contribution in [0, 0.1) is 10.1 Å². The van der Waals surface area contributed by atoms with Crippen LogP contribution in [0.3, 0.4) is 0 Å². The molecule has 0 atom stereocenters. The minimum atomic E-state index is -0.607. The monoisotopic (exact) mass is 364 g/mol. The highest BCUT2D eigenvalue weighted by Gasteiger charge is 2.26. The fraction of sp³-hybridized carbons (Fsp3) is 0.100. The highest BCUT2D eigenvalue weighted by atomic mass is 16.6. The molecule has 0 radical (unpaired) electrons. The van der Waals surface area contributed by atoms with Gasteiger partial charge in [0.05, 0.1) is 12.0 Å². The van der Waals surface area contributed by atoms with Gasteiger partial charge in [-0.25, -0.2) is 9.79 Å². The van der Waals surface area contributed by atoms with Crippen molar-refractivity contribution in [2.45, 2.75) is 6.92 Å². The zero-order chi connectivity index (χ0) is 19.4. The number of nitrogens with zero attached hydrogens (tertiary/aromatic N) is 2. The first kappa shape index (κ1) is 18.1. The number of hydrogen-bond donors (Lipinski definition) is 0. The average molecular weight is 364 g/mol. The SMILES string of the molecule is COc1ccc(C2=N/C(=C\C(C)=C\c3ccccc3)C(=O)O2)cc1[N+](=O)[O-]. The molecule has 0 saturated carbocycles. The topological polar surface area (TPSA) is 91.0 Å². The summed E-state index contributed by atoms with van der Waals surface area (Å²) in [7, 11) is 1.35. The molecule has 1 heterocycles. The van der Waals surface area contributed by atoms with E-state index in [1.54, 1.807) is 12.1 Å². The quantitative estimate of drug-likeness (QED) is 0.347. The minimum absolute atomic E-state index is 0.0181. The Kier molecular flexibility index (Phi) is 5.12. The molecule has 7 heteroatoms. The van der Waals surface area contributed by atoms with Gasteiger partial charge in [0.1, 0.15) is 0 Å². The van der Waals surface area contributed by atoms with Gasteiger partial charge >= 0.3 is 11.7 Å². The lowest BCUT2D eigenvalue weighted by molar-refractivity contribution is -0.385. The van der Waals surface area contributed by atoms with Crippen LogP contribution in [0.2, 0.25) is 0 Å². The van der Waals surface area contributed by atoms with Crippen LogP contribution in [0.4, 0.5) is 5.69 Å². The second-order valence-corrected chi connectivity index (χ2v) is 5.78. The maximum Gasteiger partial charge on any atom is 0.363 e. The van der Waals surface area contributed by atoms with Crippen molar-refractivity contribution in [2.24, 2.45) is 4.99 Å². The number of hydrogen-bond acceptors (Lipinski definition) is 6. The molecular formula is C20H16N2O5. The van der Waals surface area contributed by atoms with Crippen LogP contribution >= 0.6 is 0 Å². The smallest absolute Gasteiger partial charge is 0.363 e. The summed E-state index contributed by atoms with van der Waals surface area (Å²) in [6.07, 6.45) is 3.52. The largest absolute Gasteiger partial charge is 0.490 e. The summed E-state index contributed by atoms with van der Waals surface area (Å²) in [6, 6.07) is 13.9. The van der Waals surface area contributed by atoms with E-state index in [0.717, 1.165) is 11.1 Å². The second-order valence-electron chi connectivity index (χ2n) is 5.78. The van der Waals surface area contributed by atoms with Crippen molar-refractivity contribution in [3.05, 3.63) is 87.1 Å². The third kappa shape index (κ3) is 4.09. The van der Waals surface area contributed by atoms with E-state index in [1.165, 1.54) is 19.2 Å². The number of allylic oxidation sites excluding steroid dienone is 2. The number of methoxy groups -OCH3 is 1. The van der Waals surface area contributed by atoms with Crippen molar-refractivity contribution in [3.63, 3.8) is 0 Å². The molecule has 0 spiro atoms. The first-order valence-corrected chi connectivity index (χ1v) is 8.06. The van der Waals surface area contributed by atoms with Gasteiger partial charge < -0.3 is 9.47 Å². The van der Waals surface area contributed by atoms with Gasteiger partial charge in [0.25, 0.3) is 0 Å². The molecular weight excluding hydrogens is 348 g/mol. The van der Waals surface area contributed by atoms with Crippen LogP contribution in [0.1, 0.15) is 18.1 Å². The van der Waals surface area contributed by atoms with E-state index in [-0.39, 0.29) is 23.0 Å². The summed E-state index contributed by atoms with van der Waals surface area (Å²) in [4.78, 5) is 26.9. The fourth-order valence-corrected chi connectivity index (χ4v) is 2.57. The van der Waals surface area contributed by atoms with Gasteiger partial charge in [-0.05, 0) is 36.3 Å². The van der Waals surface area contributed by atoms with E-state index in [9.17, 15) is 14.9 Å². The number of nitro benzene ring substituents is 1. The number of carbonyl (C=O) groups is 1. The van der Waals surface area contributed by atoms with Crippen molar-refractivity contribution in [1.29, 1.82) is 0 Å². The molecule has 0 aromatic heterocycles. The molecule has 0 aliphatic carbocycles. The number of benzene rings is 2. The highest BCUT2D eigenvalue weighted by molar-refractivity contribution is 6.11. The Morgan fingerprint density at radius 1 is 1.22 bits per heavy atom. The molecule has 0 fully saturated rings. The first-order chi connectivity index (χ1) is 13.0. The molecule has 2 aromatic rings. The van der Waals surface area contributed by atoms with E-state index < -0.39 is 10.9 Å². The Labute approximate surface area is 155 Å². The molecule has 0 bridgehead atoms. The maximum atomic E-state index is 12.1. The van der Waals surface area contributed by atoms with Crippen LogP contribution in [0.5, 0.6) is 5.75 Å². The summed E-state index contributed by atoms with van der Waals surface area (Å²) < 4.78 is 10.1. The van der Waals surface area contributed by atoms with Crippen molar-refractivity contribution in [2.75, 3.05) is 7.11 Å². The molecule has 1 aliphatic rings. The molecule has 0 saturated heterocycles. The standard InChI is InChI=1S/C20H16N2O5/c1-13(10-14-6-4-3-5-7-14)11-16-20(23)27-19(21-16)15-8-9-18(26-2)17(12-15)22(24)25/h3-12H,1-2H3/b13-10+,16-11-. The minimum Gasteiger partial charge on any atom is -0.490 e. The number of cyclic esters (lactones) is 1. The lowest BCUT2D eigenvalue weighted by Crippen LogP contribution is -2.06. The molecule has 136 valence electrons. The summed E-state index contributed by atoms with van der Waals surface area (Å²) in [5.74, 6) is -0.472. The van der Waals surface area contributed by atoms with Crippen molar-refractivity contribution >= 4 is 23.6 Å². The van der Waals surface area contributed by atoms with Gasteiger partial charge in [-0.1, -0.05) is 36.4 Å². The third-order valence-corrected chi connectivity index (χ3v) is 3.80. The predicted molar refractivity (Wildman–Crippen MR) is 100 cm³/mol. The van der Waals surface area contributed by atoms with Gasteiger partial charge in [0.15, 0.2) is 11.4 Å². The molecule has 3 rings (SSSR count). The second kappa shape index (κ2) is 7.65. The maximum absolute atomic E-state index is 12.1. The Bertz CT molecular complexity index is 991. The lowest BCUT2D eigenvalue weighted by Gasteiger charge is -2.03. The number of aliphatic imine (C=N–C) groups is 1. The number of ether oxygens (including phenoxy) is 2. The molecule has 0 unspecified atom stereocenters. The molecule has 2 aromatic carbocycles. The summed E-state index contributed by atoms with van der Waals surface area (Å²) in [5, 5.41) is 11.2. The molecule has 1 aliphatic heterocycles. The Balaban J connectivity index is 1.91. The average Bonchev–Trinajstić information content (AvgIpc) is 3.02. The number of nitro groups is 1. The van der Waals surface area contributed by atoms with Crippen LogP contribution < -0.4 is 4.74 Å². The van der Waals surface area contributed by atoms with Crippen molar-refractivity contribution in [1.82, 2.24) is 0 Å². The number of esters is 1. The number of carbonyl (C=O) groups excluding carboxylic acids is 1. The van der Waals surface area contributed by atoms with Crippen LogP contribution in [-0.4, -0.2) is 23.9 Å². The van der Waals surface area contributed by atoms with Gasteiger partial charge in [-0.15, -0.1) is 0 Å². The molecule has 0 amide bonds. The molecule has 7 nitrogen and oxygen atoms in total. The van der Waals surface area contributed by atoms with Gasteiger partial charge in [0.2, 0.25) is 5.90 Å². The van der Waals surface area contributed by atoms with E-state index in [4.69, 9.17) is 9.47 Å². The first-order valence-electron chi connectivity index (χ1n) is 8.06. The zero-order valence-corrected chi connectivity index (χ0v) is 14.7. The Hall–Kier alpha value is -3.74. The van der Waals surface area contributed by atoms with Gasteiger partial charge in [-0.3, -0.25) is 10.1 Å². The van der Waals surface area contributed by atoms with Crippen LogP contribution in [0.25, 0.3) is 6.08 Å².